The molecule has 0 amide bonds. The molecule has 0 spiro atoms. The van der Waals surface area contributed by atoms with Crippen molar-refractivity contribution >= 4 is 15.7 Å². The number of benzene rings is 2. The number of hydrogen-bond acceptors (Lipinski definition) is 3. The highest BCUT2D eigenvalue weighted by atomic mass is 32.2. The second kappa shape index (κ2) is 8.56. The molecule has 0 saturated heterocycles. The van der Waals surface area contributed by atoms with Crippen LogP contribution in [0.4, 0.5) is 5.69 Å². The highest BCUT2D eigenvalue weighted by Gasteiger charge is 2.38. The van der Waals surface area contributed by atoms with E-state index in [0.717, 1.165) is 30.5 Å². The van der Waals surface area contributed by atoms with Gasteiger partial charge in [-0.2, -0.15) is 4.31 Å². The minimum absolute atomic E-state index is 0.233. The number of rotatable bonds is 7. The predicted molar refractivity (Wildman–Crippen MR) is 123 cm³/mol. The van der Waals surface area contributed by atoms with Crippen LogP contribution in [0.15, 0.2) is 59.5 Å². The van der Waals surface area contributed by atoms with Crippen LogP contribution >= 0.6 is 0 Å². The van der Waals surface area contributed by atoms with E-state index in [0.29, 0.717) is 23.9 Å². The molecule has 1 aliphatic carbocycles. The van der Waals surface area contributed by atoms with Crippen molar-refractivity contribution < 1.29 is 8.42 Å². The lowest BCUT2D eigenvalue weighted by atomic mass is 9.77. The Morgan fingerprint density at radius 2 is 1.83 bits per heavy atom. The summed E-state index contributed by atoms with van der Waals surface area (Å²) in [6, 6.07) is 14.6. The molecule has 4 rings (SSSR count). The maximum atomic E-state index is 13.3. The first-order valence-electron chi connectivity index (χ1n) is 11.1. The van der Waals surface area contributed by atoms with Crippen LogP contribution in [-0.4, -0.2) is 25.8 Å². The third-order valence-corrected chi connectivity index (χ3v) is 8.21. The van der Waals surface area contributed by atoms with Gasteiger partial charge in [0.2, 0.25) is 10.0 Å². The smallest absolute Gasteiger partial charge is 0.243 e. The highest BCUT2D eigenvalue weighted by Crippen LogP contribution is 2.50. The summed E-state index contributed by atoms with van der Waals surface area (Å²) in [4.78, 5) is 0.415. The molecular weight excluding hydrogens is 392 g/mol. The van der Waals surface area contributed by atoms with Crippen LogP contribution in [-0.2, 0) is 10.0 Å². The Labute approximate surface area is 181 Å². The molecule has 1 N–H and O–H groups in total. The minimum atomic E-state index is -3.48. The molecule has 1 aliphatic heterocycles. The van der Waals surface area contributed by atoms with Gasteiger partial charge in [0.05, 0.1) is 10.9 Å². The number of sulfonamides is 1. The maximum absolute atomic E-state index is 13.3. The summed E-state index contributed by atoms with van der Waals surface area (Å²) in [6.07, 6.45) is 7.15. The van der Waals surface area contributed by atoms with Gasteiger partial charge in [-0.15, -0.1) is 0 Å². The number of nitrogens with one attached hydrogen (secondary N) is 1. The molecule has 0 saturated carbocycles. The van der Waals surface area contributed by atoms with Crippen molar-refractivity contribution in [3.05, 3.63) is 71.3 Å². The lowest BCUT2D eigenvalue weighted by Crippen LogP contribution is -2.33. The fraction of sp³-hybridized carbons (Fsp3) is 0.440. The zero-order valence-corrected chi connectivity index (χ0v) is 19.0. The number of hydrogen-bond donors (Lipinski definition) is 1. The first-order valence-corrected chi connectivity index (χ1v) is 12.5. The van der Waals surface area contributed by atoms with Gasteiger partial charge >= 0.3 is 0 Å². The Balaban J connectivity index is 1.71. The second-order valence-corrected chi connectivity index (χ2v) is 10.5. The average Bonchev–Trinajstić information content (AvgIpc) is 3.23. The van der Waals surface area contributed by atoms with E-state index < -0.39 is 10.0 Å². The van der Waals surface area contributed by atoms with Gasteiger partial charge in [-0.05, 0) is 61.4 Å². The summed E-state index contributed by atoms with van der Waals surface area (Å²) in [6.45, 7) is 7.29. The molecule has 160 valence electrons. The van der Waals surface area contributed by atoms with Crippen molar-refractivity contribution in [2.24, 2.45) is 5.92 Å². The first-order chi connectivity index (χ1) is 14.5. The molecule has 3 unspecified atom stereocenters. The Kier molecular flexibility index (Phi) is 6.03. The summed E-state index contributed by atoms with van der Waals surface area (Å²) in [5.74, 6) is 0.646. The summed E-state index contributed by atoms with van der Waals surface area (Å²) < 4.78 is 28.2. The van der Waals surface area contributed by atoms with E-state index in [1.807, 2.05) is 26.0 Å². The molecule has 3 atom stereocenters. The van der Waals surface area contributed by atoms with Gasteiger partial charge in [0, 0.05) is 24.7 Å². The number of fused-ring (bicyclic) bond motifs is 3. The molecule has 2 aromatic rings. The normalized spacial score (nSPS) is 22.6. The van der Waals surface area contributed by atoms with Crippen LogP contribution in [0.5, 0.6) is 0 Å². The molecule has 30 heavy (non-hydrogen) atoms. The molecule has 2 aliphatic rings. The highest BCUT2D eigenvalue weighted by molar-refractivity contribution is 7.89. The lowest BCUT2D eigenvalue weighted by molar-refractivity contribution is 0.408. The second-order valence-electron chi connectivity index (χ2n) is 8.54. The van der Waals surface area contributed by atoms with E-state index in [4.69, 9.17) is 0 Å². The fourth-order valence-electron chi connectivity index (χ4n) is 4.93. The molecule has 4 nitrogen and oxygen atoms in total. The molecule has 5 heteroatoms. The van der Waals surface area contributed by atoms with Gasteiger partial charge in [0.1, 0.15) is 0 Å². The molecule has 0 bridgehead atoms. The average molecular weight is 425 g/mol. The lowest BCUT2D eigenvalue weighted by Gasteiger charge is -2.38. The van der Waals surface area contributed by atoms with Crippen LogP contribution in [0.1, 0.15) is 61.8 Å². The van der Waals surface area contributed by atoms with Crippen LogP contribution in [0.3, 0.4) is 0 Å². The van der Waals surface area contributed by atoms with Gasteiger partial charge in [-0.3, -0.25) is 0 Å². The number of nitrogens with zero attached hydrogens (tertiary/aromatic N) is 1. The Morgan fingerprint density at radius 3 is 2.53 bits per heavy atom. The van der Waals surface area contributed by atoms with E-state index in [9.17, 15) is 8.42 Å². The first kappa shape index (κ1) is 21.1. The van der Waals surface area contributed by atoms with E-state index >= 15 is 0 Å². The molecule has 0 radical (unpaired) electrons. The molecule has 0 aromatic heterocycles. The Bertz CT molecular complexity index is 1040. The van der Waals surface area contributed by atoms with Crippen molar-refractivity contribution in [3.63, 3.8) is 0 Å². The largest absolute Gasteiger partial charge is 0.378 e. The van der Waals surface area contributed by atoms with E-state index in [-0.39, 0.29) is 12.0 Å². The Hall–Kier alpha value is -2.11. The maximum Gasteiger partial charge on any atom is 0.243 e. The predicted octanol–water partition coefficient (Wildman–Crippen LogP) is 5.63. The summed E-state index contributed by atoms with van der Waals surface area (Å²) in [7, 11) is -3.48. The van der Waals surface area contributed by atoms with Crippen molar-refractivity contribution in [2.75, 3.05) is 18.4 Å². The summed E-state index contributed by atoms with van der Waals surface area (Å²) >= 11 is 0. The zero-order valence-electron chi connectivity index (χ0n) is 18.1. The number of allylic oxidation sites excluding steroid dienone is 2. The quantitative estimate of drug-likeness (QED) is 0.586. The summed E-state index contributed by atoms with van der Waals surface area (Å²) in [5, 5.41) is 3.72. The van der Waals surface area contributed by atoms with Crippen LogP contribution in [0.2, 0.25) is 0 Å². The third-order valence-electron chi connectivity index (χ3n) is 6.32. The van der Waals surface area contributed by atoms with Crippen LogP contribution in [0.25, 0.3) is 0 Å². The van der Waals surface area contributed by atoms with E-state index in [1.165, 1.54) is 11.1 Å². The standard InChI is InChI=1S/C25H32N2O2S/c1-4-14-27(15-5-2)30(28,29)20-12-13-24-23(17-20)21-10-7-11-22(21)25(26-24)19-9-6-8-18(3)16-19/h6-10,12-13,16-17,21-22,25-26H,4-5,11,14-15H2,1-3H3. The van der Waals surface area contributed by atoms with Gasteiger partial charge in [0.15, 0.2) is 0 Å². The zero-order chi connectivity index (χ0) is 21.3. The van der Waals surface area contributed by atoms with Gasteiger partial charge in [-0.1, -0.05) is 55.8 Å². The third kappa shape index (κ3) is 3.81. The molecule has 2 aromatic carbocycles. The monoisotopic (exact) mass is 424 g/mol. The fourth-order valence-corrected chi connectivity index (χ4v) is 6.59. The SMILES string of the molecule is CCCN(CCC)S(=O)(=O)c1ccc2c(c1)C1C=CCC1C(c1cccc(C)c1)N2. The van der Waals surface area contributed by atoms with Crippen molar-refractivity contribution in [1.29, 1.82) is 0 Å². The Morgan fingerprint density at radius 1 is 1.07 bits per heavy atom. The minimum Gasteiger partial charge on any atom is -0.378 e. The van der Waals surface area contributed by atoms with Gasteiger partial charge in [0.25, 0.3) is 0 Å². The van der Waals surface area contributed by atoms with Crippen molar-refractivity contribution in [1.82, 2.24) is 4.31 Å². The van der Waals surface area contributed by atoms with Gasteiger partial charge < -0.3 is 5.32 Å². The van der Waals surface area contributed by atoms with Crippen molar-refractivity contribution in [2.45, 2.75) is 56.9 Å². The van der Waals surface area contributed by atoms with E-state index in [1.54, 1.807) is 10.4 Å². The summed E-state index contributed by atoms with van der Waals surface area (Å²) in [5.41, 5.74) is 4.71. The molecule has 1 heterocycles. The topological polar surface area (TPSA) is 49.4 Å². The van der Waals surface area contributed by atoms with E-state index in [2.05, 4.69) is 48.7 Å². The number of aryl methyl sites for hydroxylation is 1. The van der Waals surface area contributed by atoms with Crippen LogP contribution < -0.4 is 5.32 Å². The molecular formula is C25H32N2O2S. The molecule has 0 fully saturated rings. The number of anilines is 1. The van der Waals surface area contributed by atoms with Crippen molar-refractivity contribution in [3.8, 4) is 0 Å². The van der Waals surface area contributed by atoms with Crippen LogP contribution in [0, 0.1) is 12.8 Å². The van der Waals surface area contributed by atoms with Gasteiger partial charge in [-0.25, -0.2) is 8.42 Å².